The summed E-state index contributed by atoms with van der Waals surface area (Å²) in [6.07, 6.45) is 4.05. The number of carboxylic acids is 2. The van der Waals surface area contributed by atoms with Gasteiger partial charge >= 0.3 is 11.9 Å². The number of carboxylic acid groups (broad SMARTS) is 2. The topological polar surface area (TPSA) is 101 Å². The standard InChI is InChI=1S/C9H12O4.C8H11N/c1-9(8(12)13)5-3-2-4-6(9)7(10)11;1-7(9)8-5-3-2-4-6-8/h2-3,6H,4-5H2,1H3,(H,10,11)(H,12,13);2-7H,9H2,1H3/t6-,9-;/m0./s1. The summed E-state index contributed by atoms with van der Waals surface area (Å²) in [5.74, 6) is -2.88. The maximum absolute atomic E-state index is 10.9. The predicted octanol–water partition coefficient (Wildman–Crippen LogP) is 2.83. The number of benzene rings is 1. The summed E-state index contributed by atoms with van der Waals surface area (Å²) < 4.78 is 0. The zero-order valence-electron chi connectivity index (χ0n) is 12.9. The number of aliphatic carboxylic acids is 2. The molecule has 120 valence electrons. The number of hydrogen-bond acceptors (Lipinski definition) is 3. The lowest BCUT2D eigenvalue weighted by molar-refractivity contribution is -0.161. The maximum Gasteiger partial charge on any atom is 0.310 e. The van der Waals surface area contributed by atoms with Gasteiger partial charge in [0.2, 0.25) is 0 Å². The Bertz CT molecular complexity index is 539. The SMILES string of the molecule is CC(N)c1ccccc1.C[C@]1(C(=O)O)CC=CC[C@H]1C(=O)O. The number of nitrogens with two attached hydrogens (primary N) is 1. The van der Waals surface area contributed by atoms with E-state index in [0.29, 0.717) is 12.8 Å². The van der Waals surface area contributed by atoms with Crippen LogP contribution in [0.15, 0.2) is 42.5 Å². The molecule has 1 aliphatic rings. The van der Waals surface area contributed by atoms with Gasteiger partial charge in [0.1, 0.15) is 0 Å². The summed E-state index contributed by atoms with van der Waals surface area (Å²) in [4.78, 5) is 21.7. The third-order valence-electron chi connectivity index (χ3n) is 3.96. The van der Waals surface area contributed by atoms with Crippen LogP contribution in [0.2, 0.25) is 0 Å². The molecule has 1 unspecified atom stereocenters. The molecule has 0 bridgehead atoms. The van der Waals surface area contributed by atoms with Gasteiger partial charge in [0, 0.05) is 6.04 Å². The van der Waals surface area contributed by atoms with E-state index in [0.717, 1.165) is 0 Å². The molecular formula is C17H23NO4. The Kier molecular flexibility index (Phi) is 6.31. The van der Waals surface area contributed by atoms with Crippen molar-refractivity contribution in [2.75, 3.05) is 0 Å². The van der Waals surface area contributed by atoms with Crippen molar-refractivity contribution in [3.63, 3.8) is 0 Å². The van der Waals surface area contributed by atoms with Crippen LogP contribution in [-0.4, -0.2) is 22.2 Å². The van der Waals surface area contributed by atoms with Crippen molar-refractivity contribution in [2.45, 2.75) is 32.7 Å². The normalized spacial score (nSPS) is 24.8. The third-order valence-corrected chi connectivity index (χ3v) is 3.96. The molecule has 0 amide bonds. The van der Waals surface area contributed by atoms with Crippen LogP contribution in [0.1, 0.15) is 38.3 Å². The molecule has 22 heavy (non-hydrogen) atoms. The largest absolute Gasteiger partial charge is 0.481 e. The van der Waals surface area contributed by atoms with Crippen molar-refractivity contribution in [1.29, 1.82) is 0 Å². The molecule has 2 rings (SSSR count). The Balaban J connectivity index is 0.000000235. The molecule has 0 radical (unpaired) electrons. The van der Waals surface area contributed by atoms with Crippen molar-refractivity contribution in [1.82, 2.24) is 0 Å². The van der Waals surface area contributed by atoms with E-state index in [1.165, 1.54) is 12.5 Å². The van der Waals surface area contributed by atoms with Gasteiger partial charge in [-0.1, -0.05) is 42.5 Å². The molecule has 0 heterocycles. The summed E-state index contributed by atoms with van der Waals surface area (Å²) in [5.41, 5.74) is 5.65. The molecule has 0 saturated carbocycles. The first-order chi connectivity index (χ1) is 10.3. The van der Waals surface area contributed by atoms with Crippen LogP contribution < -0.4 is 5.73 Å². The molecule has 3 atom stereocenters. The van der Waals surface area contributed by atoms with Crippen LogP contribution in [0.3, 0.4) is 0 Å². The summed E-state index contributed by atoms with van der Waals surface area (Å²) in [6.45, 7) is 3.47. The number of rotatable bonds is 3. The molecule has 0 aromatic heterocycles. The number of carbonyl (C=O) groups is 2. The minimum absolute atomic E-state index is 0.159. The van der Waals surface area contributed by atoms with Crippen LogP contribution in [0.4, 0.5) is 0 Å². The maximum atomic E-state index is 10.9. The Labute approximate surface area is 130 Å². The third kappa shape index (κ3) is 4.43. The Morgan fingerprint density at radius 1 is 1.23 bits per heavy atom. The average molecular weight is 305 g/mol. The van der Waals surface area contributed by atoms with Gasteiger partial charge in [0.05, 0.1) is 11.3 Å². The van der Waals surface area contributed by atoms with Crippen molar-refractivity contribution >= 4 is 11.9 Å². The zero-order valence-corrected chi connectivity index (χ0v) is 12.9. The quantitative estimate of drug-likeness (QED) is 0.745. The van der Waals surface area contributed by atoms with E-state index >= 15 is 0 Å². The second kappa shape index (κ2) is 7.75. The highest BCUT2D eigenvalue weighted by atomic mass is 16.4. The van der Waals surface area contributed by atoms with Crippen LogP contribution >= 0.6 is 0 Å². The van der Waals surface area contributed by atoms with Gasteiger partial charge in [-0.25, -0.2) is 0 Å². The van der Waals surface area contributed by atoms with E-state index in [-0.39, 0.29) is 6.04 Å². The second-order valence-corrected chi connectivity index (χ2v) is 5.72. The highest BCUT2D eigenvalue weighted by Gasteiger charge is 2.45. The van der Waals surface area contributed by atoms with Gasteiger partial charge in [-0.2, -0.15) is 0 Å². The minimum atomic E-state index is -1.15. The van der Waals surface area contributed by atoms with E-state index in [2.05, 4.69) is 0 Å². The van der Waals surface area contributed by atoms with Crippen LogP contribution in [0, 0.1) is 11.3 Å². The van der Waals surface area contributed by atoms with Crippen molar-refractivity contribution in [3.05, 3.63) is 48.0 Å². The van der Waals surface area contributed by atoms with Crippen molar-refractivity contribution < 1.29 is 19.8 Å². The second-order valence-electron chi connectivity index (χ2n) is 5.72. The fourth-order valence-electron chi connectivity index (χ4n) is 2.33. The lowest BCUT2D eigenvalue weighted by Gasteiger charge is -2.32. The summed E-state index contributed by atoms with van der Waals surface area (Å²) in [7, 11) is 0. The number of hydrogen-bond donors (Lipinski definition) is 3. The molecule has 0 fully saturated rings. The molecule has 5 heteroatoms. The minimum Gasteiger partial charge on any atom is -0.481 e. The molecule has 5 nitrogen and oxygen atoms in total. The Hall–Kier alpha value is -2.14. The van der Waals surface area contributed by atoms with Gasteiger partial charge < -0.3 is 15.9 Å². The molecule has 1 aliphatic carbocycles. The molecule has 1 aromatic carbocycles. The van der Waals surface area contributed by atoms with E-state index in [4.69, 9.17) is 15.9 Å². The highest BCUT2D eigenvalue weighted by molar-refractivity contribution is 5.83. The first-order valence-electron chi connectivity index (χ1n) is 7.20. The predicted molar refractivity (Wildman–Crippen MR) is 84.3 cm³/mol. The van der Waals surface area contributed by atoms with Gasteiger partial charge in [0.25, 0.3) is 0 Å². The molecule has 0 aliphatic heterocycles. The first-order valence-corrected chi connectivity index (χ1v) is 7.20. The molecule has 0 spiro atoms. The molecule has 4 N–H and O–H groups in total. The zero-order chi connectivity index (χ0) is 16.8. The number of allylic oxidation sites excluding steroid dienone is 2. The highest BCUT2D eigenvalue weighted by Crippen LogP contribution is 2.38. The average Bonchev–Trinajstić information content (AvgIpc) is 2.48. The smallest absolute Gasteiger partial charge is 0.310 e. The van der Waals surface area contributed by atoms with Crippen LogP contribution in [0.25, 0.3) is 0 Å². The van der Waals surface area contributed by atoms with E-state index in [9.17, 15) is 9.59 Å². The lowest BCUT2D eigenvalue weighted by atomic mass is 9.70. The first kappa shape index (κ1) is 17.9. The van der Waals surface area contributed by atoms with Crippen molar-refractivity contribution in [2.24, 2.45) is 17.1 Å². The fraction of sp³-hybridized carbons (Fsp3) is 0.412. The Morgan fingerprint density at radius 3 is 2.18 bits per heavy atom. The van der Waals surface area contributed by atoms with Gasteiger partial charge in [-0.05, 0) is 32.3 Å². The lowest BCUT2D eigenvalue weighted by Crippen LogP contribution is -2.41. The fourth-order valence-corrected chi connectivity index (χ4v) is 2.33. The summed E-state index contributed by atoms with van der Waals surface area (Å²) in [5, 5.41) is 17.7. The van der Waals surface area contributed by atoms with E-state index < -0.39 is 23.3 Å². The van der Waals surface area contributed by atoms with Crippen LogP contribution in [-0.2, 0) is 9.59 Å². The van der Waals surface area contributed by atoms with Crippen molar-refractivity contribution in [3.8, 4) is 0 Å². The summed E-state index contributed by atoms with van der Waals surface area (Å²) in [6, 6.07) is 10.2. The van der Waals surface area contributed by atoms with E-state index in [1.54, 1.807) is 12.2 Å². The molecule has 1 aromatic rings. The molecular weight excluding hydrogens is 282 g/mol. The van der Waals surface area contributed by atoms with Crippen LogP contribution in [0.5, 0.6) is 0 Å². The Morgan fingerprint density at radius 2 is 1.82 bits per heavy atom. The van der Waals surface area contributed by atoms with E-state index in [1.807, 2.05) is 37.3 Å². The van der Waals surface area contributed by atoms with Gasteiger partial charge in [-0.15, -0.1) is 0 Å². The van der Waals surface area contributed by atoms with Gasteiger partial charge in [0.15, 0.2) is 0 Å². The monoisotopic (exact) mass is 305 g/mol. The van der Waals surface area contributed by atoms with Gasteiger partial charge in [-0.3, -0.25) is 9.59 Å². The molecule has 0 saturated heterocycles. The summed E-state index contributed by atoms with van der Waals surface area (Å²) >= 11 is 0.